The summed E-state index contributed by atoms with van der Waals surface area (Å²) < 4.78 is 5.58. The van der Waals surface area contributed by atoms with Crippen LogP contribution in [0.3, 0.4) is 0 Å². The van der Waals surface area contributed by atoms with Gasteiger partial charge in [0, 0.05) is 7.11 Å². The molecule has 1 amide bonds. The van der Waals surface area contributed by atoms with E-state index >= 15 is 0 Å². The first-order valence-corrected chi connectivity index (χ1v) is 8.15. The average Bonchev–Trinajstić information content (AvgIpc) is 2.55. The van der Waals surface area contributed by atoms with Gasteiger partial charge in [-0.15, -0.1) is 12.4 Å². The predicted octanol–water partition coefficient (Wildman–Crippen LogP) is 3.18. The molecule has 23 heavy (non-hydrogen) atoms. The van der Waals surface area contributed by atoms with Crippen molar-refractivity contribution in [3.05, 3.63) is 35.4 Å². The quantitative estimate of drug-likeness (QED) is 0.865. The topological polar surface area (TPSA) is 50.4 Å². The number of methoxy groups -OCH3 is 1. The van der Waals surface area contributed by atoms with Crippen molar-refractivity contribution < 1.29 is 9.53 Å². The zero-order chi connectivity index (χ0) is 16.2. The third kappa shape index (κ3) is 4.69. The van der Waals surface area contributed by atoms with Crippen LogP contribution in [0.5, 0.6) is 0 Å². The Morgan fingerprint density at radius 1 is 1.13 bits per heavy atom. The second-order valence-corrected chi connectivity index (χ2v) is 6.46. The maximum atomic E-state index is 12.6. The smallest absolute Gasteiger partial charge is 0.252 e. The monoisotopic (exact) mass is 340 g/mol. The van der Waals surface area contributed by atoms with E-state index in [0.717, 1.165) is 18.7 Å². The molecular weight excluding hydrogens is 312 g/mol. The number of piperidine rings is 1. The lowest BCUT2D eigenvalue weighted by Gasteiger charge is -2.35. The first kappa shape index (κ1) is 19.9. The summed E-state index contributed by atoms with van der Waals surface area (Å²) in [5, 5.41) is 6.39. The van der Waals surface area contributed by atoms with Crippen molar-refractivity contribution >= 4 is 18.3 Å². The Hall–Kier alpha value is -1.10. The molecule has 1 aliphatic heterocycles. The van der Waals surface area contributed by atoms with Gasteiger partial charge in [0.25, 0.3) is 5.91 Å². The summed E-state index contributed by atoms with van der Waals surface area (Å²) >= 11 is 0. The maximum absolute atomic E-state index is 12.6. The fourth-order valence-electron chi connectivity index (χ4n) is 2.94. The summed E-state index contributed by atoms with van der Waals surface area (Å²) in [5.41, 5.74) is 1.75. The molecule has 0 aromatic heterocycles. The number of carbonyl (C=O) groups is 1. The molecule has 4 nitrogen and oxygen atoms in total. The fraction of sp³-hybridized carbons (Fsp3) is 0.611. The van der Waals surface area contributed by atoms with Gasteiger partial charge in [0.1, 0.15) is 5.60 Å². The summed E-state index contributed by atoms with van der Waals surface area (Å²) in [7, 11) is 1.63. The van der Waals surface area contributed by atoms with Gasteiger partial charge >= 0.3 is 0 Å². The zero-order valence-corrected chi connectivity index (χ0v) is 15.3. The van der Waals surface area contributed by atoms with Crippen molar-refractivity contribution in [1.82, 2.24) is 10.6 Å². The molecule has 0 saturated carbocycles. The van der Waals surface area contributed by atoms with Crippen molar-refractivity contribution in [2.75, 3.05) is 20.2 Å². The van der Waals surface area contributed by atoms with Crippen LogP contribution in [0.2, 0.25) is 0 Å². The van der Waals surface area contributed by atoms with Crippen molar-refractivity contribution in [2.45, 2.75) is 51.2 Å². The molecule has 1 aliphatic rings. The lowest BCUT2D eigenvalue weighted by Crippen LogP contribution is -2.54. The van der Waals surface area contributed by atoms with Crippen LogP contribution in [0.1, 0.15) is 56.7 Å². The van der Waals surface area contributed by atoms with Gasteiger partial charge in [0.2, 0.25) is 0 Å². The molecule has 5 heteroatoms. The largest absolute Gasteiger partial charge is 0.368 e. The molecule has 0 radical (unpaired) electrons. The minimum atomic E-state index is -0.683. The molecule has 0 spiro atoms. The van der Waals surface area contributed by atoms with Gasteiger partial charge in [0.15, 0.2) is 0 Å². The van der Waals surface area contributed by atoms with E-state index in [1.165, 1.54) is 5.56 Å². The number of amides is 1. The molecule has 1 aromatic carbocycles. The highest BCUT2D eigenvalue weighted by molar-refractivity contribution is 5.86. The minimum Gasteiger partial charge on any atom is -0.368 e. The molecule has 1 heterocycles. The van der Waals surface area contributed by atoms with E-state index < -0.39 is 5.60 Å². The Morgan fingerprint density at radius 2 is 1.65 bits per heavy atom. The van der Waals surface area contributed by atoms with Gasteiger partial charge in [-0.3, -0.25) is 4.79 Å². The summed E-state index contributed by atoms with van der Waals surface area (Å²) in [4.78, 5) is 12.6. The zero-order valence-electron chi connectivity index (χ0n) is 14.5. The van der Waals surface area contributed by atoms with E-state index in [1.54, 1.807) is 7.11 Å². The Kier molecular flexibility index (Phi) is 7.52. The Balaban J connectivity index is 0.00000264. The van der Waals surface area contributed by atoms with Crippen LogP contribution in [0.4, 0.5) is 0 Å². The van der Waals surface area contributed by atoms with Crippen LogP contribution in [0.25, 0.3) is 0 Å². The molecule has 2 N–H and O–H groups in total. The van der Waals surface area contributed by atoms with Crippen molar-refractivity contribution in [1.29, 1.82) is 0 Å². The number of hydrogen-bond acceptors (Lipinski definition) is 3. The molecule has 130 valence electrons. The number of hydrogen-bond donors (Lipinski definition) is 2. The van der Waals surface area contributed by atoms with E-state index in [-0.39, 0.29) is 24.4 Å². The highest BCUT2D eigenvalue weighted by Gasteiger charge is 2.40. The fourth-order valence-corrected chi connectivity index (χ4v) is 2.94. The van der Waals surface area contributed by atoms with E-state index in [0.29, 0.717) is 18.8 Å². The lowest BCUT2D eigenvalue weighted by atomic mass is 9.90. The third-order valence-corrected chi connectivity index (χ3v) is 4.67. The van der Waals surface area contributed by atoms with Gasteiger partial charge < -0.3 is 15.4 Å². The maximum Gasteiger partial charge on any atom is 0.252 e. The number of nitrogens with one attached hydrogen (secondary N) is 2. The molecule has 1 aromatic rings. The van der Waals surface area contributed by atoms with Crippen LogP contribution < -0.4 is 10.6 Å². The van der Waals surface area contributed by atoms with Gasteiger partial charge in [-0.1, -0.05) is 38.1 Å². The second kappa shape index (κ2) is 8.67. The average molecular weight is 341 g/mol. The lowest BCUT2D eigenvalue weighted by molar-refractivity contribution is -0.147. The van der Waals surface area contributed by atoms with Crippen molar-refractivity contribution in [3.63, 3.8) is 0 Å². The molecule has 1 atom stereocenters. The predicted molar refractivity (Wildman–Crippen MR) is 96.2 cm³/mol. The van der Waals surface area contributed by atoms with Crippen LogP contribution >= 0.6 is 12.4 Å². The molecule has 1 saturated heterocycles. The van der Waals surface area contributed by atoms with E-state index in [4.69, 9.17) is 4.74 Å². The van der Waals surface area contributed by atoms with E-state index in [9.17, 15) is 4.79 Å². The summed E-state index contributed by atoms with van der Waals surface area (Å²) in [6.45, 7) is 8.02. The second-order valence-electron chi connectivity index (χ2n) is 6.46. The summed E-state index contributed by atoms with van der Waals surface area (Å²) in [6, 6.07) is 8.46. The van der Waals surface area contributed by atoms with Crippen LogP contribution in [-0.4, -0.2) is 31.7 Å². The molecule has 1 unspecified atom stereocenters. The summed E-state index contributed by atoms with van der Waals surface area (Å²) in [5.74, 6) is 0.516. The molecule has 0 bridgehead atoms. The van der Waals surface area contributed by atoms with Crippen LogP contribution in [0, 0.1) is 0 Å². The van der Waals surface area contributed by atoms with Gasteiger partial charge in [-0.25, -0.2) is 0 Å². The number of carbonyl (C=O) groups excluding carboxylic acids is 1. The standard InChI is InChI=1S/C18H28N2O2.ClH/c1-13(2)15-5-7-16(8-6-15)14(3)20-17(21)18(22-4)9-11-19-12-10-18;/h5-8,13-14,19H,9-12H2,1-4H3,(H,20,21);1H. The van der Waals surface area contributed by atoms with Gasteiger partial charge in [0.05, 0.1) is 6.04 Å². The Bertz CT molecular complexity index is 496. The first-order valence-electron chi connectivity index (χ1n) is 8.15. The molecule has 0 aliphatic carbocycles. The number of ether oxygens (including phenoxy) is 1. The van der Waals surface area contributed by atoms with Crippen molar-refractivity contribution in [2.24, 2.45) is 0 Å². The van der Waals surface area contributed by atoms with Crippen LogP contribution in [-0.2, 0) is 9.53 Å². The van der Waals surface area contributed by atoms with Crippen LogP contribution in [0.15, 0.2) is 24.3 Å². The van der Waals surface area contributed by atoms with Crippen molar-refractivity contribution in [3.8, 4) is 0 Å². The normalized spacial score (nSPS) is 18.1. The molecular formula is C18H29ClN2O2. The SMILES string of the molecule is COC1(C(=O)NC(C)c2ccc(C(C)C)cc2)CCNCC1.Cl. The van der Waals surface area contributed by atoms with Gasteiger partial charge in [-0.2, -0.15) is 0 Å². The summed E-state index contributed by atoms with van der Waals surface area (Å²) in [6.07, 6.45) is 1.43. The highest BCUT2D eigenvalue weighted by Crippen LogP contribution is 2.25. The van der Waals surface area contributed by atoms with E-state index in [1.807, 2.05) is 6.92 Å². The Labute approximate surface area is 145 Å². The van der Waals surface area contributed by atoms with E-state index in [2.05, 4.69) is 48.7 Å². The number of rotatable bonds is 5. The highest BCUT2D eigenvalue weighted by atomic mass is 35.5. The Morgan fingerprint density at radius 3 is 2.13 bits per heavy atom. The molecule has 2 rings (SSSR count). The number of halogens is 1. The minimum absolute atomic E-state index is 0. The number of benzene rings is 1. The van der Waals surface area contributed by atoms with Gasteiger partial charge in [-0.05, 0) is 49.9 Å². The third-order valence-electron chi connectivity index (χ3n) is 4.67. The first-order chi connectivity index (χ1) is 10.5. The molecule has 1 fully saturated rings.